The van der Waals surface area contributed by atoms with E-state index in [2.05, 4.69) is 16.9 Å². The molecule has 100 valence electrons. The van der Waals surface area contributed by atoms with Crippen LogP contribution < -0.4 is 0 Å². The van der Waals surface area contributed by atoms with Crippen molar-refractivity contribution in [3.05, 3.63) is 17.1 Å². The minimum Gasteiger partial charge on any atom is -0.462 e. The van der Waals surface area contributed by atoms with E-state index in [1.165, 1.54) is 0 Å². The lowest BCUT2D eigenvalue weighted by molar-refractivity contribution is 0.0519. The molecular weight excluding hydrogens is 248 g/mol. The van der Waals surface area contributed by atoms with Crippen molar-refractivity contribution in [1.82, 2.24) is 9.97 Å². The Balaban J connectivity index is 3.00. The molecule has 0 fully saturated rings. The van der Waals surface area contributed by atoms with Gasteiger partial charge in [-0.05, 0) is 32.9 Å². The Hall–Kier alpha value is -1.10. The molecule has 0 N–H and O–H groups in total. The van der Waals surface area contributed by atoms with Crippen LogP contribution in [0.2, 0.25) is 0 Å². The van der Waals surface area contributed by atoms with Crippen molar-refractivity contribution in [2.75, 3.05) is 12.4 Å². The molecule has 0 amide bonds. The Labute approximate surface area is 113 Å². The third kappa shape index (κ3) is 3.98. The molecule has 0 atom stereocenters. The highest BCUT2D eigenvalue weighted by Gasteiger charge is 2.19. The van der Waals surface area contributed by atoms with Crippen LogP contribution in [0.1, 0.15) is 48.6 Å². The Morgan fingerprint density at radius 2 is 2.00 bits per heavy atom. The van der Waals surface area contributed by atoms with Gasteiger partial charge in [-0.1, -0.05) is 13.3 Å². The molecule has 1 rings (SSSR count). The predicted molar refractivity (Wildman–Crippen MR) is 73.1 cm³/mol. The van der Waals surface area contributed by atoms with Crippen molar-refractivity contribution >= 4 is 17.7 Å². The van der Waals surface area contributed by atoms with Gasteiger partial charge in [-0.2, -0.15) is 0 Å². The number of hydrogen-bond donors (Lipinski definition) is 0. The van der Waals surface area contributed by atoms with Gasteiger partial charge in [-0.25, -0.2) is 14.8 Å². The van der Waals surface area contributed by atoms with Gasteiger partial charge in [0.1, 0.15) is 16.4 Å². The highest BCUT2D eigenvalue weighted by molar-refractivity contribution is 7.99. The van der Waals surface area contributed by atoms with Crippen molar-refractivity contribution in [1.29, 1.82) is 0 Å². The number of thioether (sulfide) groups is 1. The van der Waals surface area contributed by atoms with Crippen LogP contribution in [-0.2, 0) is 4.74 Å². The van der Waals surface area contributed by atoms with Gasteiger partial charge in [0.25, 0.3) is 0 Å². The first kappa shape index (κ1) is 15.0. The summed E-state index contributed by atoms with van der Waals surface area (Å²) in [5.74, 6) is 1.33. The zero-order chi connectivity index (χ0) is 13.5. The average Bonchev–Trinajstić information content (AvgIpc) is 2.28. The fourth-order valence-electron chi connectivity index (χ4n) is 1.54. The maximum Gasteiger partial charge on any atom is 0.342 e. The number of nitrogens with zero attached hydrogens (tertiary/aromatic N) is 2. The van der Waals surface area contributed by atoms with E-state index in [1.807, 2.05) is 13.8 Å². The molecule has 5 heteroatoms. The maximum absolute atomic E-state index is 11.9. The summed E-state index contributed by atoms with van der Waals surface area (Å²) < 4.78 is 5.06. The van der Waals surface area contributed by atoms with Crippen molar-refractivity contribution in [2.45, 2.75) is 45.6 Å². The molecule has 1 aromatic rings. The number of aromatic nitrogens is 2. The molecule has 0 radical (unpaired) electrons. The molecule has 0 aliphatic heterocycles. The summed E-state index contributed by atoms with van der Waals surface area (Å²) in [7, 11) is 0. The van der Waals surface area contributed by atoms with Crippen LogP contribution in [-0.4, -0.2) is 28.3 Å². The van der Waals surface area contributed by atoms with Gasteiger partial charge >= 0.3 is 5.97 Å². The summed E-state index contributed by atoms with van der Waals surface area (Å²) in [4.78, 5) is 20.5. The van der Waals surface area contributed by atoms with Gasteiger partial charge in [0.2, 0.25) is 0 Å². The third-order valence-electron chi connectivity index (χ3n) is 2.38. The van der Waals surface area contributed by atoms with E-state index >= 15 is 0 Å². The maximum atomic E-state index is 11.9. The summed E-state index contributed by atoms with van der Waals surface area (Å²) >= 11 is 1.60. The standard InChI is InChI=1S/C13H20N2O2S/c1-5-7-8-18-12-11(13(16)17-6-2)9(3)14-10(4)15-12/h5-8H2,1-4H3. The highest BCUT2D eigenvalue weighted by Crippen LogP contribution is 2.24. The Morgan fingerprint density at radius 3 is 2.61 bits per heavy atom. The monoisotopic (exact) mass is 268 g/mol. The van der Waals surface area contributed by atoms with Gasteiger partial charge < -0.3 is 4.74 Å². The van der Waals surface area contributed by atoms with E-state index < -0.39 is 0 Å². The van der Waals surface area contributed by atoms with E-state index in [1.54, 1.807) is 18.7 Å². The second-order valence-corrected chi connectivity index (χ2v) is 5.04. The fraction of sp³-hybridized carbons (Fsp3) is 0.615. The third-order valence-corrected chi connectivity index (χ3v) is 3.45. The number of esters is 1. The number of rotatable bonds is 6. The number of carbonyl (C=O) groups excluding carboxylic acids is 1. The smallest absolute Gasteiger partial charge is 0.342 e. The van der Waals surface area contributed by atoms with Crippen LogP contribution in [0, 0.1) is 13.8 Å². The molecule has 0 aromatic carbocycles. The summed E-state index contributed by atoms with van der Waals surface area (Å²) in [6, 6.07) is 0. The van der Waals surface area contributed by atoms with Crippen LogP contribution >= 0.6 is 11.8 Å². The van der Waals surface area contributed by atoms with Crippen LogP contribution in [0.25, 0.3) is 0 Å². The molecular formula is C13H20N2O2S. The zero-order valence-corrected chi connectivity index (χ0v) is 12.3. The molecule has 0 unspecified atom stereocenters. The topological polar surface area (TPSA) is 52.1 Å². The quantitative estimate of drug-likeness (QED) is 0.343. The summed E-state index contributed by atoms with van der Waals surface area (Å²) in [5.41, 5.74) is 1.21. The van der Waals surface area contributed by atoms with E-state index in [-0.39, 0.29) is 5.97 Å². The van der Waals surface area contributed by atoms with Crippen molar-refractivity contribution in [3.63, 3.8) is 0 Å². The number of aryl methyl sites for hydroxylation is 2. The summed E-state index contributed by atoms with van der Waals surface area (Å²) in [6.45, 7) is 7.97. The Bertz CT molecular complexity index is 422. The lowest BCUT2D eigenvalue weighted by Gasteiger charge is -2.10. The number of hydrogen-bond acceptors (Lipinski definition) is 5. The molecule has 0 bridgehead atoms. The van der Waals surface area contributed by atoms with Gasteiger partial charge in [0.15, 0.2) is 0 Å². The van der Waals surface area contributed by atoms with E-state index in [0.717, 1.165) is 23.6 Å². The molecule has 0 spiro atoms. The molecule has 0 aliphatic rings. The second-order valence-electron chi connectivity index (χ2n) is 3.96. The molecule has 0 saturated heterocycles. The lowest BCUT2D eigenvalue weighted by atomic mass is 10.2. The average molecular weight is 268 g/mol. The minimum atomic E-state index is -0.325. The zero-order valence-electron chi connectivity index (χ0n) is 11.4. The Morgan fingerprint density at radius 1 is 1.28 bits per heavy atom. The van der Waals surface area contributed by atoms with Crippen LogP contribution in [0.4, 0.5) is 0 Å². The molecule has 1 aromatic heterocycles. The molecule has 1 heterocycles. The van der Waals surface area contributed by atoms with Gasteiger partial charge in [0.05, 0.1) is 12.3 Å². The lowest BCUT2D eigenvalue weighted by Crippen LogP contribution is -2.12. The van der Waals surface area contributed by atoms with Crippen LogP contribution in [0.5, 0.6) is 0 Å². The second kappa shape index (κ2) is 7.36. The summed E-state index contributed by atoms with van der Waals surface area (Å²) in [5, 5.41) is 0.743. The minimum absolute atomic E-state index is 0.325. The first-order valence-corrected chi connectivity index (χ1v) is 7.23. The van der Waals surface area contributed by atoms with Gasteiger partial charge in [0, 0.05) is 0 Å². The van der Waals surface area contributed by atoms with Gasteiger partial charge in [-0.15, -0.1) is 11.8 Å². The SMILES string of the molecule is CCCCSc1nc(C)nc(C)c1C(=O)OCC. The summed E-state index contributed by atoms with van der Waals surface area (Å²) in [6.07, 6.45) is 2.24. The number of carbonyl (C=O) groups is 1. The number of unbranched alkanes of at least 4 members (excludes halogenated alkanes) is 1. The molecule has 0 saturated carbocycles. The first-order valence-electron chi connectivity index (χ1n) is 6.25. The van der Waals surface area contributed by atoms with E-state index in [0.29, 0.717) is 23.7 Å². The molecule has 18 heavy (non-hydrogen) atoms. The van der Waals surface area contributed by atoms with Crippen LogP contribution in [0.3, 0.4) is 0 Å². The highest BCUT2D eigenvalue weighted by atomic mass is 32.2. The van der Waals surface area contributed by atoms with E-state index in [9.17, 15) is 4.79 Å². The van der Waals surface area contributed by atoms with E-state index in [4.69, 9.17) is 4.74 Å². The normalized spacial score (nSPS) is 10.4. The molecule has 4 nitrogen and oxygen atoms in total. The van der Waals surface area contributed by atoms with Crippen molar-refractivity contribution < 1.29 is 9.53 Å². The first-order chi connectivity index (χ1) is 8.60. The largest absolute Gasteiger partial charge is 0.462 e. The van der Waals surface area contributed by atoms with Crippen LogP contribution in [0.15, 0.2) is 5.03 Å². The fourth-order valence-corrected chi connectivity index (χ4v) is 2.74. The van der Waals surface area contributed by atoms with Gasteiger partial charge in [-0.3, -0.25) is 0 Å². The van der Waals surface area contributed by atoms with Crippen molar-refractivity contribution in [2.24, 2.45) is 0 Å². The molecule has 0 aliphatic carbocycles. The predicted octanol–water partition coefficient (Wildman–Crippen LogP) is 3.16. The Kier molecular flexibility index (Phi) is 6.12. The number of ether oxygens (including phenoxy) is 1. The van der Waals surface area contributed by atoms with Crippen molar-refractivity contribution in [3.8, 4) is 0 Å².